The Kier molecular flexibility index (Phi) is 4.77. The predicted molar refractivity (Wildman–Crippen MR) is 103 cm³/mol. The molecule has 1 aliphatic heterocycles. The number of phenolic OH excluding ortho intramolecular Hbond substituents is 1. The monoisotopic (exact) mass is 425 g/mol. The number of halogens is 2. The molecule has 0 spiro atoms. The van der Waals surface area contributed by atoms with Crippen molar-refractivity contribution in [1.29, 1.82) is 0 Å². The van der Waals surface area contributed by atoms with Crippen LogP contribution in [0.2, 0.25) is 5.02 Å². The van der Waals surface area contributed by atoms with Gasteiger partial charge < -0.3 is 5.11 Å². The van der Waals surface area contributed by atoms with E-state index < -0.39 is 0 Å². The Morgan fingerprint density at radius 3 is 2.57 bits per heavy atom. The van der Waals surface area contributed by atoms with Gasteiger partial charge in [-0.15, -0.1) is 0 Å². The number of thioether (sulfide) groups is 1. The fourth-order valence-corrected chi connectivity index (χ4v) is 3.87. The predicted octanol–water partition coefficient (Wildman–Crippen LogP) is 5.21. The number of amides is 1. The van der Waals surface area contributed by atoms with Gasteiger partial charge in [-0.3, -0.25) is 9.69 Å². The van der Waals surface area contributed by atoms with Crippen LogP contribution in [-0.4, -0.2) is 15.3 Å². The summed E-state index contributed by atoms with van der Waals surface area (Å²) < 4.78 is 1.04. The van der Waals surface area contributed by atoms with Gasteiger partial charge in [0.1, 0.15) is 5.75 Å². The molecule has 3 rings (SSSR count). The van der Waals surface area contributed by atoms with Gasteiger partial charge in [-0.05, 0) is 64.0 Å². The first-order valence-corrected chi connectivity index (χ1v) is 8.87. The highest BCUT2D eigenvalue weighted by Crippen LogP contribution is 2.37. The Balaban J connectivity index is 1.92. The van der Waals surface area contributed by atoms with E-state index in [0.717, 1.165) is 5.56 Å². The normalized spacial score (nSPS) is 16.4. The van der Waals surface area contributed by atoms with Crippen molar-refractivity contribution in [2.24, 2.45) is 0 Å². The highest BCUT2D eigenvalue weighted by Gasteiger charge is 2.33. The van der Waals surface area contributed by atoms with Crippen LogP contribution >= 0.6 is 51.5 Å². The van der Waals surface area contributed by atoms with Crippen molar-refractivity contribution in [3.8, 4) is 5.75 Å². The SMILES string of the molecule is O=C1/C(=C\c2ccc(O)c(Br)c2)SC(=S)N1c1ccc(Cl)cc1. The molecule has 1 saturated heterocycles. The van der Waals surface area contributed by atoms with Crippen LogP contribution in [0, 0.1) is 0 Å². The molecule has 0 aromatic heterocycles. The lowest BCUT2D eigenvalue weighted by Crippen LogP contribution is -2.27. The first-order valence-electron chi connectivity index (χ1n) is 6.48. The Labute approximate surface area is 156 Å². The van der Waals surface area contributed by atoms with Gasteiger partial charge >= 0.3 is 0 Å². The number of carbonyl (C=O) groups is 1. The van der Waals surface area contributed by atoms with Gasteiger partial charge in [-0.25, -0.2) is 0 Å². The molecule has 1 N–H and O–H groups in total. The zero-order chi connectivity index (χ0) is 16.6. The smallest absolute Gasteiger partial charge is 0.270 e. The molecular formula is C16H9BrClNO2S2. The minimum Gasteiger partial charge on any atom is -0.507 e. The first kappa shape index (κ1) is 16.5. The number of rotatable bonds is 2. The standard InChI is InChI=1S/C16H9BrClNO2S2/c17-12-7-9(1-6-13(12)20)8-14-15(21)19(16(22)23-14)11-4-2-10(18)3-5-11/h1-8,20H/b14-8+. The molecule has 23 heavy (non-hydrogen) atoms. The number of hydrogen-bond donors (Lipinski definition) is 1. The number of phenols is 1. The molecule has 0 atom stereocenters. The maximum atomic E-state index is 12.6. The molecule has 0 bridgehead atoms. The topological polar surface area (TPSA) is 40.5 Å². The number of anilines is 1. The molecule has 0 radical (unpaired) electrons. The van der Waals surface area contributed by atoms with Crippen molar-refractivity contribution >= 4 is 73.5 Å². The summed E-state index contributed by atoms with van der Waals surface area (Å²) in [6.45, 7) is 0. The molecule has 1 heterocycles. The zero-order valence-corrected chi connectivity index (χ0v) is 15.5. The Bertz CT molecular complexity index is 836. The van der Waals surface area contributed by atoms with E-state index in [1.165, 1.54) is 16.7 Å². The molecule has 7 heteroatoms. The lowest BCUT2D eigenvalue weighted by molar-refractivity contribution is -0.113. The summed E-state index contributed by atoms with van der Waals surface area (Å²) in [5.74, 6) is -0.0256. The van der Waals surface area contributed by atoms with Crippen molar-refractivity contribution in [1.82, 2.24) is 0 Å². The lowest BCUT2D eigenvalue weighted by Gasteiger charge is -2.14. The van der Waals surface area contributed by atoms with Crippen molar-refractivity contribution in [2.75, 3.05) is 4.90 Å². The van der Waals surface area contributed by atoms with Crippen LogP contribution in [0.4, 0.5) is 5.69 Å². The van der Waals surface area contributed by atoms with Gasteiger partial charge in [0.05, 0.1) is 15.1 Å². The number of carbonyl (C=O) groups excluding carboxylic acids is 1. The average molecular weight is 427 g/mol. The maximum Gasteiger partial charge on any atom is 0.270 e. The molecule has 1 fully saturated rings. The van der Waals surface area contributed by atoms with E-state index in [1.807, 2.05) is 0 Å². The molecular weight excluding hydrogens is 418 g/mol. The molecule has 3 nitrogen and oxygen atoms in total. The largest absolute Gasteiger partial charge is 0.507 e. The molecule has 0 aliphatic carbocycles. The van der Waals surface area contributed by atoms with Gasteiger partial charge in [0.15, 0.2) is 4.32 Å². The minimum absolute atomic E-state index is 0.149. The Morgan fingerprint density at radius 2 is 1.91 bits per heavy atom. The number of thiocarbonyl (C=S) groups is 1. The van der Waals surface area contributed by atoms with Crippen molar-refractivity contribution in [3.05, 3.63) is 62.4 Å². The van der Waals surface area contributed by atoms with Crippen LogP contribution in [0.1, 0.15) is 5.56 Å². The van der Waals surface area contributed by atoms with E-state index in [1.54, 1.807) is 48.5 Å². The summed E-state index contributed by atoms with van der Waals surface area (Å²) >= 11 is 15.7. The van der Waals surface area contributed by atoms with Crippen LogP contribution in [0.25, 0.3) is 6.08 Å². The molecule has 116 valence electrons. The van der Waals surface area contributed by atoms with Crippen LogP contribution < -0.4 is 4.90 Å². The highest BCUT2D eigenvalue weighted by atomic mass is 79.9. The summed E-state index contributed by atoms with van der Waals surface area (Å²) in [5, 5.41) is 10.1. The fourth-order valence-electron chi connectivity index (χ4n) is 2.04. The molecule has 1 amide bonds. The van der Waals surface area contributed by atoms with Gasteiger partial charge in [-0.2, -0.15) is 0 Å². The van der Waals surface area contributed by atoms with Gasteiger partial charge in [0.2, 0.25) is 0 Å². The third-order valence-corrected chi connectivity index (χ3v) is 5.34. The van der Waals surface area contributed by atoms with Gasteiger partial charge in [-0.1, -0.05) is 41.6 Å². The third kappa shape index (κ3) is 3.45. The van der Waals surface area contributed by atoms with Crippen LogP contribution in [0.15, 0.2) is 51.8 Å². The lowest BCUT2D eigenvalue weighted by atomic mass is 10.2. The second-order valence-electron chi connectivity index (χ2n) is 4.70. The summed E-state index contributed by atoms with van der Waals surface area (Å²) in [4.78, 5) is 14.6. The summed E-state index contributed by atoms with van der Waals surface area (Å²) in [7, 11) is 0. The zero-order valence-electron chi connectivity index (χ0n) is 11.5. The summed E-state index contributed by atoms with van der Waals surface area (Å²) in [6.07, 6.45) is 1.75. The van der Waals surface area contributed by atoms with E-state index in [0.29, 0.717) is 24.4 Å². The Morgan fingerprint density at radius 1 is 1.22 bits per heavy atom. The van der Waals surface area contributed by atoms with E-state index in [-0.39, 0.29) is 11.7 Å². The van der Waals surface area contributed by atoms with Crippen LogP contribution in [-0.2, 0) is 4.79 Å². The molecule has 0 saturated carbocycles. The summed E-state index contributed by atoms with van der Waals surface area (Å²) in [6, 6.07) is 12.0. The molecule has 0 unspecified atom stereocenters. The number of hydrogen-bond acceptors (Lipinski definition) is 4. The molecule has 1 aliphatic rings. The molecule has 2 aromatic rings. The summed E-state index contributed by atoms with van der Waals surface area (Å²) in [5.41, 5.74) is 1.48. The average Bonchev–Trinajstić information content (AvgIpc) is 2.79. The molecule has 2 aromatic carbocycles. The Hall–Kier alpha value is -1.34. The number of aromatic hydroxyl groups is 1. The maximum absolute atomic E-state index is 12.6. The fraction of sp³-hybridized carbons (Fsp3) is 0. The van der Waals surface area contributed by atoms with Crippen molar-refractivity contribution in [2.45, 2.75) is 0 Å². The van der Waals surface area contributed by atoms with Crippen LogP contribution in [0.3, 0.4) is 0 Å². The minimum atomic E-state index is -0.175. The quantitative estimate of drug-likeness (QED) is 0.528. The van der Waals surface area contributed by atoms with Crippen molar-refractivity contribution in [3.63, 3.8) is 0 Å². The third-order valence-electron chi connectivity index (χ3n) is 3.15. The van der Waals surface area contributed by atoms with E-state index in [4.69, 9.17) is 23.8 Å². The van der Waals surface area contributed by atoms with E-state index >= 15 is 0 Å². The van der Waals surface area contributed by atoms with Gasteiger partial charge in [0.25, 0.3) is 5.91 Å². The second-order valence-corrected chi connectivity index (χ2v) is 7.67. The highest BCUT2D eigenvalue weighted by molar-refractivity contribution is 9.10. The first-order chi connectivity index (χ1) is 11.0. The van der Waals surface area contributed by atoms with E-state index in [2.05, 4.69) is 15.9 Å². The van der Waals surface area contributed by atoms with E-state index in [9.17, 15) is 9.90 Å². The second kappa shape index (κ2) is 6.65. The van der Waals surface area contributed by atoms with Crippen molar-refractivity contribution < 1.29 is 9.90 Å². The van der Waals surface area contributed by atoms with Gasteiger partial charge in [0, 0.05) is 5.02 Å². The van der Waals surface area contributed by atoms with Crippen LogP contribution in [0.5, 0.6) is 5.75 Å². The number of nitrogens with zero attached hydrogens (tertiary/aromatic N) is 1. The number of benzene rings is 2.